The Morgan fingerprint density at radius 2 is 1.76 bits per heavy atom. The summed E-state index contributed by atoms with van der Waals surface area (Å²) in [6.45, 7) is 6.02. The lowest BCUT2D eigenvalue weighted by molar-refractivity contribution is 0.0925. The van der Waals surface area contributed by atoms with Crippen molar-refractivity contribution in [2.24, 2.45) is 5.92 Å². The number of carbonyl (C=O) groups is 1. The first-order chi connectivity index (χ1) is 9.97. The molecule has 0 unspecified atom stereocenters. The van der Waals surface area contributed by atoms with Gasteiger partial charge in [0.25, 0.3) is 5.91 Å². The second-order valence-electron chi connectivity index (χ2n) is 5.62. The molecule has 1 N–H and O–H groups in total. The van der Waals surface area contributed by atoms with Gasteiger partial charge in [0.05, 0.1) is 6.04 Å². The zero-order valence-corrected chi connectivity index (χ0v) is 12.6. The summed E-state index contributed by atoms with van der Waals surface area (Å²) in [6, 6.07) is 13.6. The highest BCUT2D eigenvalue weighted by atomic mass is 19.1. The van der Waals surface area contributed by atoms with E-state index in [1.54, 1.807) is 18.2 Å². The largest absolute Gasteiger partial charge is 0.345 e. The number of benzene rings is 2. The average molecular weight is 285 g/mol. The van der Waals surface area contributed by atoms with Crippen LogP contribution >= 0.6 is 0 Å². The van der Waals surface area contributed by atoms with Gasteiger partial charge in [-0.1, -0.05) is 43.7 Å². The number of nitrogens with one attached hydrogen (secondary N) is 1. The van der Waals surface area contributed by atoms with Gasteiger partial charge in [-0.3, -0.25) is 4.79 Å². The fraction of sp³-hybridized carbons (Fsp3) is 0.278. The molecule has 3 heteroatoms. The summed E-state index contributed by atoms with van der Waals surface area (Å²) in [5.41, 5.74) is 2.60. The summed E-state index contributed by atoms with van der Waals surface area (Å²) in [6.07, 6.45) is 0. The van der Waals surface area contributed by atoms with Crippen LogP contribution in [0.2, 0.25) is 0 Å². The smallest absolute Gasteiger partial charge is 0.251 e. The highest BCUT2D eigenvalue weighted by Gasteiger charge is 2.19. The highest BCUT2D eigenvalue weighted by molar-refractivity contribution is 5.94. The number of amides is 1. The molecule has 0 aliphatic carbocycles. The second kappa shape index (κ2) is 6.53. The van der Waals surface area contributed by atoms with E-state index in [-0.39, 0.29) is 23.7 Å². The molecule has 0 aliphatic heterocycles. The first-order valence-corrected chi connectivity index (χ1v) is 7.10. The molecule has 0 radical (unpaired) electrons. The molecule has 1 amide bonds. The van der Waals surface area contributed by atoms with Crippen LogP contribution in [0.15, 0.2) is 48.5 Å². The van der Waals surface area contributed by atoms with Crippen LogP contribution in [0.25, 0.3) is 0 Å². The monoisotopic (exact) mass is 285 g/mol. The van der Waals surface area contributed by atoms with E-state index in [1.807, 2.05) is 39.0 Å². The van der Waals surface area contributed by atoms with Crippen LogP contribution in [0.3, 0.4) is 0 Å². The highest BCUT2D eigenvalue weighted by Crippen LogP contribution is 2.22. The van der Waals surface area contributed by atoms with Crippen molar-refractivity contribution in [1.82, 2.24) is 5.32 Å². The molecule has 0 aromatic heterocycles. The minimum Gasteiger partial charge on any atom is -0.345 e. The first kappa shape index (κ1) is 15.2. The minimum absolute atomic E-state index is 0.110. The van der Waals surface area contributed by atoms with Gasteiger partial charge in [-0.25, -0.2) is 4.39 Å². The number of halogens is 1. The molecule has 2 aromatic rings. The van der Waals surface area contributed by atoms with Crippen LogP contribution in [0, 0.1) is 18.7 Å². The second-order valence-corrected chi connectivity index (χ2v) is 5.62. The van der Waals surface area contributed by atoms with Gasteiger partial charge in [0.2, 0.25) is 0 Å². The third-order valence-corrected chi connectivity index (χ3v) is 3.46. The van der Waals surface area contributed by atoms with Crippen molar-refractivity contribution in [3.8, 4) is 0 Å². The van der Waals surface area contributed by atoms with Crippen molar-refractivity contribution in [3.63, 3.8) is 0 Å². The zero-order valence-electron chi connectivity index (χ0n) is 12.6. The summed E-state index contributed by atoms with van der Waals surface area (Å²) in [4.78, 5) is 12.4. The molecule has 2 nitrogen and oxygen atoms in total. The van der Waals surface area contributed by atoms with E-state index in [0.717, 1.165) is 11.1 Å². The van der Waals surface area contributed by atoms with Crippen molar-refractivity contribution < 1.29 is 9.18 Å². The van der Waals surface area contributed by atoms with Gasteiger partial charge in [0, 0.05) is 5.56 Å². The van der Waals surface area contributed by atoms with Crippen molar-refractivity contribution in [1.29, 1.82) is 0 Å². The maximum absolute atomic E-state index is 13.0. The lowest BCUT2D eigenvalue weighted by atomic mass is 9.95. The number of hydrogen-bond donors (Lipinski definition) is 1. The van der Waals surface area contributed by atoms with E-state index in [0.29, 0.717) is 5.56 Å². The number of aryl methyl sites for hydroxylation is 1. The number of carbonyl (C=O) groups excluding carboxylic acids is 1. The van der Waals surface area contributed by atoms with Crippen molar-refractivity contribution >= 4 is 5.91 Å². The fourth-order valence-corrected chi connectivity index (χ4v) is 2.32. The summed E-state index contributed by atoms with van der Waals surface area (Å²) >= 11 is 0. The molecule has 0 bridgehead atoms. The molecule has 0 aliphatic rings. The molecule has 2 rings (SSSR count). The molecule has 0 fully saturated rings. The van der Waals surface area contributed by atoms with Crippen LogP contribution in [0.5, 0.6) is 0 Å². The predicted molar refractivity (Wildman–Crippen MR) is 82.6 cm³/mol. The topological polar surface area (TPSA) is 29.1 Å². The van der Waals surface area contributed by atoms with E-state index in [2.05, 4.69) is 5.32 Å². The molecule has 2 aromatic carbocycles. The first-order valence-electron chi connectivity index (χ1n) is 7.10. The van der Waals surface area contributed by atoms with Gasteiger partial charge < -0.3 is 5.32 Å². The normalized spacial score (nSPS) is 12.2. The van der Waals surface area contributed by atoms with Gasteiger partial charge >= 0.3 is 0 Å². The van der Waals surface area contributed by atoms with Gasteiger partial charge in [-0.15, -0.1) is 0 Å². The van der Waals surface area contributed by atoms with Crippen LogP contribution in [-0.2, 0) is 0 Å². The molecule has 1 atom stereocenters. The van der Waals surface area contributed by atoms with E-state index in [9.17, 15) is 9.18 Å². The SMILES string of the molecule is Cc1cccc(C(=O)N[C@H](c2ccc(F)cc2)C(C)C)c1. The lowest BCUT2D eigenvalue weighted by Gasteiger charge is -2.23. The third kappa shape index (κ3) is 3.91. The molecule has 0 saturated carbocycles. The summed E-state index contributed by atoms with van der Waals surface area (Å²) < 4.78 is 13.0. The molecular weight excluding hydrogens is 265 g/mol. The Morgan fingerprint density at radius 3 is 2.33 bits per heavy atom. The van der Waals surface area contributed by atoms with Crippen LogP contribution in [-0.4, -0.2) is 5.91 Å². The predicted octanol–water partition coefficient (Wildman–Crippen LogP) is 4.26. The lowest BCUT2D eigenvalue weighted by Crippen LogP contribution is -2.31. The fourth-order valence-electron chi connectivity index (χ4n) is 2.32. The van der Waals surface area contributed by atoms with Crippen molar-refractivity contribution in [3.05, 3.63) is 71.0 Å². The van der Waals surface area contributed by atoms with Crippen LogP contribution in [0.4, 0.5) is 4.39 Å². The van der Waals surface area contributed by atoms with Crippen LogP contribution < -0.4 is 5.32 Å². The maximum atomic E-state index is 13.0. The summed E-state index contributed by atoms with van der Waals surface area (Å²) in [7, 11) is 0. The zero-order chi connectivity index (χ0) is 15.4. The van der Waals surface area contributed by atoms with E-state index >= 15 is 0 Å². The van der Waals surface area contributed by atoms with E-state index in [1.165, 1.54) is 12.1 Å². The Kier molecular flexibility index (Phi) is 4.73. The standard InChI is InChI=1S/C18H20FNO/c1-12(2)17(14-7-9-16(19)10-8-14)20-18(21)15-6-4-5-13(3)11-15/h4-12,17H,1-3H3,(H,20,21)/t17-/m0/s1. The summed E-state index contributed by atoms with van der Waals surface area (Å²) in [5, 5.41) is 3.03. The molecule has 0 saturated heterocycles. The Hall–Kier alpha value is -2.16. The molecule has 0 heterocycles. The quantitative estimate of drug-likeness (QED) is 0.893. The third-order valence-electron chi connectivity index (χ3n) is 3.46. The molecule has 110 valence electrons. The van der Waals surface area contributed by atoms with E-state index < -0.39 is 0 Å². The summed E-state index contributed by atoms with van der Waals surface area (Å²) in [5.74, 6) is -0.169. The van der Waals surface area contributed by atoms with Crippen LogP contribution in [0.1, 0.15) is 41.4 Å². The number of rotatable bonds is 4. The Morgan fingerprint density at radius 1 is 1.10 bits per heavy atom. The Labute approximate surface area is 125 Å². The average Bonchev–Trinajstić information content (AvgIpc) is 2.45. The van der Waals surface area contributed by atoms with Crippen molar-refractivity contribution in [2.45, 2.75) is 26.8 Å². The van der Waals surface area contributed by atoms with Crippen molar-refractivity contribution in [2.75, 3.05) is 0 Å². The number of hydrogen-bond acceptors (Lipinski definition) is 1. The van der Waals surface area contributed by atoms with Gasteiger partial charge in [0.1, 0.15) is 5.82 Å². The van der Waals surface area contributed by atoms with Gasteiger partial charge in [-0.2, -0.15) is 0 Å². The molecular formula is C18H20FNO. The minimum atomic E-state index is -0.272. The molecule has 0 spiro atoms. The maximum Gasteiger partial charge on any atom is 0.251 e. The van der Waals surface area contributed by atoms with Gasteiger partial charge in [0.15, 0.2) is 0 Å². The Bertz CT molecular complexity index is 619. The molecule has 21 heavy (non-hydrogen) atoms. The van der Waals surface area contributed by atoms with E-state index in [4.69, 9.17) is 0 Å². The Balaban J connectivity index is 2.20. The van der Waals surface area contributed by atoms with Gasteiger partial charge in [-0.05, 0) is 42.7 Å².